The Morgan fingerprint density at radius 1 is 1.37 bits per heavy atom. The third kappa shape index (κ3) is 2.89. The van der Waals surface area contributed by atoms with Gasteiger partial charge in [-0.2, -0.15) is 15.6 Å². The molecule has 3 N–H and O–H groups in total. The van der Waals surface area contributed by atoms with Crippen LogP contribution in [-0.4, -0.2) is 24.9 Å². The summed E-state index contributed by atoms with van der Waals surface area (Å²) in [5.41, 5.74) is 6.50. The Morgan fingerprint density at radius 2 is 2.11 bits per heavy atom. The molecule has 0 amide bonds. The fourth-order valence-corrected chi connectivity index (χ4v) is 3.45. The maximum atomic E-state index is 12.3. The van der Waals surface area contributed by atoms with Crippen LogP contribution in [0.5, 0.6) is 5.75 Å². The molecule has 2 rings (SSSR count). The monoisotopic (exact) mass is 298 g/mol. The first-order chi connectivity index (χ1) is 8.91. The predicted octanol–water partition coefficient (Wildman–Crippen LogP) is 1.86. The highest BCUT2D eigenvalue weighted by atomic mass is 32.2. The van der Waals surface area contributed by atoms with Gasteiger partial charge in [0.15, 0.2) is 0 Å². The number of phenolic OH excluding ortho intramolecular Hbond substituents is 1. The van der Waals surface area contributed by atoms with Gasteiger partial charge < -0.3 is 10.8 Å². The molecule has 0 aliphatic rings. The fraction of sp³-hybridized carbons (Fsp3) is 0.167. The fourth-order valence-electron chi connectivity index (χ4n) is 1.60. The molecule has 0 radical (unpaired) electrons. The van der Waals surface area contributed by atoms with E-state index in [1.54, 1.807) is 0 Å². The Labute approximate surface area is 116 Å². The van der Waals surface area contributed by atoms with Gasteiger partial charge in [0.2, 0.25) is 10.0 Å². The molecule has 5 nitrogen and oxygen atoms in total. The molecule has 1 heterocycles. The molecule has 102 valence electrons. The van der Waals surface area contributed by atoms with Gasteiger partial charge in [0, 0.05) is 13.6 Å². The molecular formula is C12H14N2O3S2. The number of anilines is 1. The van der Waals surface area contributed by atoms with Gasteiger partial charge in [-0.05, 0) is 40.6 Å². The average molecular weight is 298 g/mol. The van der Waals surface area contributed by atoms with Crippen molar-refractivity contribution in [1.82, 2.24) is 4.31 Å². The number of aromatic hydroxyl groups is 1. The van der Waals surface area contributed by atoms with Gasteiger partial charge in [0.25, 0.3) is 0 Å². The number of thiophene rings is 1. The summed E-state index contributed by atoms with van der Waals surface area (Å²) in [5.74, 6) is -0.126. The first-order valence-corrected chi connectivity index (χ1v) is 7.85. The van der Waals surface area contributed by atoms with E-state index in [2.05, 4.69) is 0 Å². The van der Waals surface area contributed by atoms with Crippen LogP contribution >= 0.6 is 11.3 Å². The number of benzene rings is 1. The molecule has 0 fully saturated rings. The smallest absolute Gasteiger partial charge is 0.243 e. The second-order valence-corrected chi connectivity index (χ2v) is 6.94. The van der Waals surface area contributed by atoms with Crippen molar-refractivity contribution in [2.45, 2.75) is 11.4 Å². The Morgan fingerprint density at radius 3 is 2.68 bits per heavy atom. The molecule has 0 saturated carbocycles. The minimum atomic E-state index is -3.61. The lowest BCUT2D eigenvalue weighted by Crippen LogP contribution is -2.26. The highest BCUT2D eigenvalue weighted by molar-refractivity contribution is 7.89. The maximum Gasteiger partial charge on any atom is 0.243 e. The van der Waals surface area contributed by atoms with Gasteiger partial charge in [0.05, 0.1) is 10.6 Å². The topological polar surface area (TPSA) is 83.6 Å². The molecule has 0 aliphatic carbocycles. The first-order valence-electron chi connectivity index (χ1n) is 5.47. The predicted molar refractivity (Wildman–Crippen MR) is 75.5 cm³/mol. The zero-order chi connectivity index (χ0) is 14.0. The lowest BCUT2D eigenvalue weighted by molar-refractivity contribution is 0.465. The highest BCUT2D eigenvalue weighted by Crippen LogP contribution is 2.25. The Bertz CT molecular complexity index is 666. The van der Waals surface area contributed by atoms with E-state index >= 15 is 0 Å². The van der Waals surface area contributed by atoms with Crippen molar-refractivity contribution in [3.63, 3.8) is 0 Å². The molecule has 0 bridgehead atoms. The van der Waals surface area contributed by atoms with Crippen LogP contribution in [0, 0.1) is 0 Å². The Balaban J connectivity index is 2.28. The average Bonchev–Trinajstić information content (AvgIpc) is 2.85. The Hall–Kier alpha value is -1.57. The lowest BCUT2D eigenvalue weighted by Gasteiger charge is -2.17. The second kappa shape index (κ2) is 5.20. The molecular weight excluding hydrogens is 284 g/mol. The van der Waals surface area contributed by atoms with E-state index in [4.69, 9.17) is 5.73 Å². The van der Waals surface area contributed by atoms with E-state index in [-0.39, 0.29) is 16.3 Å². The van der Waals surface area contributed by atoms with Crippen LogP contribution in [0.3, 0.4) is 0 Å². The summed E-state index contributed by atoms with van der Waals surface area (Å²) in [6.07, 6.45) is 0. The minimum absolute atomic E-state index is 0.0463. The second-order valence-electron chi connectivity index (χ2n) is 4.11. The van der Waals surface area contributed by atoms with Crippen molar-refractivity contribution in [3.8, 4) is 5.75 Å². The standard InChI is InChI=1S/C12H14N2O3S2/c1-14(7-9-4-5-18-8-9)19(16,17)10-2-3-12(15)11(13)6-10/h2-6,8,15H,7,13H2,1H3. The molecule has 0 spiro atoms. The van der Waals surface area contributed by atoms with Gasteiger partial charge in [-0.15, -0.1) is 0 Å². The number of nitrogens with two attached hydrogens (primary N) is 1. The third-order valence-electron chi connectivity index (χ3n) is 2.69. The summed E-state index contributed by atoms with van der Waals surface area (Å²) in [6.45, 7) is 0.298. The lowest BCUT2D eigenvalue weighted by atomic mass is 10.3. The van der Waals surface area contributed by atoms with Crippen molar-refractivity contribution in [3.05, 3.63) is 40.6 Å². The zero-order valence-electron chi connectivity index (χ0n) is 10.3. The van der Waals surface area contributed by atoms with Crippen molar-refractivity contribution in [2.75, 3.05) is 12.8 Å². The summed E-state index contributed by atoms with van der Waals surface area (Å²) >= 11 is 1.52. The number of hydrogen-bond donors (Lipinski definition) is 2. The number of nitrogen functional groups attached to an aromatic ring is 1. The molecule has 1 aromatic heterocycles. The summed E-state index contributed by atoms with van der Waals surface area (Å²) in [4.78, 5) is 0.0699. The molecule has 7 heteroatoms. The van der Waals surface area contributed by atoms with E-state index in [1.807, 2.05) is 16.8 Å². The van der Waals surface area contributed by atoms with Gasteiger partial charge >= 0.3 is 0 Å². The molecule has 0 unspecified atom stereocenters. The van der Waals surface area contributed by atoms with Crippen LogP contribution < -0.4 is 5.73 Å². The van der Waals surface area contributed by atoms with Gasteiger partial charge in [-0.3, -0.25) is 0 Å². The van der Waals surface area contributed by atoms with E-state index in [0.29, 0.717) is 6.54 Å². The summed E-state index contributed by atoms with van der Waals surface area (Å²) in [7, 11) is -2.10. The van der Waals surface area contributed by atoms with Crippen LogP contribution in [0.4, 0.5) is 5.69 Å². The van der Waals surface area contributed by atoms with Crippen LogP contribution in [-0.2, 0) is 16.6 Å². The number of rotatable bonds is 4. The zero-order valence-corrected chi connectivity index (χ0v) is 11.9. The summed E-state index contributed by atoms with van der Waals surface area (Å²) < 4.78 is 25.9. The Kier molecular flexibility index (Phi) is 3.79. The molecule has 2 aromatic rings. The van der Waals surface area contributed by atoms with E-state index < -0.39 is 10.0 Å². The normalized spacial score (nSPS) is 11.9. The van der Waals surface area contributed by atoms with Crippen molar-refractivity contribution < 1.29 is 13.5 Å². The molecule has 0 aliphatic heterocycles. The SMILES string of the molecule is CN(Cc1ccsc1)S(=O)(=O)c1ccc(O)c(N)c1. The molecule has 0 saturated heterocycles. The number of hydrogen-bond acceptors (Lipinski definition) is 5. The van der Waals surface area contributed by atoms with Crippen LogP contribution in [0.25, 0.3) is 0 Å². The molecule has 1 aromatic carbocycles. The van der Waals surface area contributed by atoms with E-state index in [1.165, 1.54) is 40.9 Å². The maximum absolute atomic E-state index is 12.3. The van der Waals surface area contributed by atoms with E-state index in [0.717, 1.165) is 5.56 Å². The summed E-state index contributed by atoms with van der Waals surface area (Å²) in [6, 6.07) is 5.75. The van der Waals surface area contributed by atoms with Gasteiger partial charge in [-0.25, -0.2) is 8.42 Å². The highest BCUT2D eigenvalue weighted by Gasteiger charge is 2.21. The van der Waals surface area contributed by atoms with Gasteiger partial charge in [-0.1, -0.05) is 0 Å². The largest absolute Gasteiger partial charge is 0.506 e. The van der Waals surface area contributed by atoms with Crippen LogP contribution in [0.15, 0.2) is 39.9 Å². The number of nitrogens with zero attached hydrogens (tertiary/aromatic N) is 1. The quantitative estimate of drug-likeness (QED) is 0.666. The van der Waals surface area contributed by atoms with Crippen LogP contribution in [0.2, 0.25) is 0 Å². The van der Waals surface area contributed by atoms with Crippen molar-refractivity contribution in [2.24, 2.45) is 0 Å². The molecule has 0 atom stereocenters. The van der Waals surface area contributed by atoms with Gasteiger partial charge in [0.1, 0.15) is 5.75 Å². The number of phenols is 1. The molecule has 19 heavy (non-hydrogen) atoms. The minimum Gasteiger partial charge on any atom is -0.506 e. The van der Waals surface area contributed by atoms with Crippen molar-refractivity contribution in [1.29, 1.82) is 0 Å². The van der Waals surface area contributed by atoms with Crippen LogP contribution in [0.1, 0.15) is 5.56 Å². The first kappa shape index (κ1) is 13.9. The summed E-state index contributed by atoms with van der Waals surface area (Å²) in [5, 5.41) is 13.1. The van der Waals surface area contributed by atoms with E-state index in [9.17, 15) is 13.5 Å². The third-order valence-corrected chi connectivity index (χ3v) is 5.22. The number of sulfonamides is 1. The van der Waals surface area contributed by atoms with Crippen molar-refractivity contribution >= 4 is 27.0 Å².